The Kier molecular flexibility index (Phi) is 6.67. The predicted octanol–water partition coefficient (Wildman–Crippen LogP) is 3.06. The second-order valence-electron chi connectivity index (χ2n) is 6.93. The predicted molar refractivity (Wildman–Crippen MR) is 98.3 cm³/mol. The number of amides is 1. The Bertz CT molecular complexity index is 546. The normalized spacial score (nSPS) is 26.8. The molecule has 4 nitrogen and oxygen atoms in total. The number of thiophene rings is 1. The van der Waals surface area contributed by atoms with E-state index in [0.29, 0.717) is 13.0 Å². The van der Waals surface area contributed by atoms with E-state index in [2.05, 4.69) is 24.4 Å². The SMILES string of the molecule is CCOC1CC(N)(C(=O)NC(C)Cc2ccc(C)s2)C1(C)C.Cl. The molecule has 1 aliphatic rings. The Morgan fingerprint density at radius 2 is 2.17 bits per heavy atom. The first-order valence-electron chi connectivity index (χ1n) is 7.97. The molecule has 0 radical (unpaired) electrons. The minimum atomic E-state index is -0.841. The topological polar surface area (TPSA) is 64.3 Å². The van der Waals surface area contributed by atoms with Crippen LogP contribution in [0.3, 0.4) is 0 Å². The second-order valence-corrected chi connectivity index (χ2v) is 8.30. The van der Waals surface area contributed by atoms with E-state index in [1.807, 2.05) is 27.7 Å². The maximum atomic E-state index is 12.6. The van der Waals surface area contributed by atoms with Gasteiger partial charge in [0.05, 0.1) is 6.10 Å². The number of ether oxygens (including phenoxy) is 1. The van der Waals surface area contributed by atoms with E-state index in [9.17, 15) is 4.79 Å². The molecule has 3 atom stereocenters. The van der Waals surface area contributed by atoms with Gasteiger partial charge in [0, 0.05) is 40.7 Å². The number of hydrogen-bond acceptors (Lipinski definition) is 4. The lowest BCUT2D eigenvalue weighted by molar-refractivity contribution is -0.171. The third-order valence-corrected chi connectivity index (χ3v) is 5.94. The van der Waals surface area contributed by atoms with Gasteiger partial charge in [-0.25, -0.2) is 0 Å². The highest BCUT2D eigenvalue weighted by atomic mass is 35.5. The number of nitrogens with two attached hydrogens (primary N) is 1. The average molecular weight is 361 g/mol. The molecule has 1 heterocycles. The fraction of sp³-hybridized carbons (Fsp3) is 0.706. The number of halogens is 1. The standard InChI is InChI=1S/C17H28N2O2S.ClH/c1-6-21-14-10-17(18,16(14,4)5)15(20)19-11(2)9-13-8-7-12(3)22-13;/h7-8,11,14H,6,9-10,18H2,1-5H3,(H,19,20);1H. The molecular weight excluding hydrogens is 332 g/mol. The highest BCUT2D eigenvalue weighted by molar-refractivity contribution is 7.11. The monoisotopic (exact) mass is 360 g/mol. The van der Waals surface area contributed by atoms with Gasteiger partial charge in [-0.2, -0.15) is 0 Å². The molecule has 132 valence electrons. The van der Waals surface area contributed by atoms with Crippen molar-refractivity contribution in [2.45, 2.75) is 65.1 Å². The number of carbonyl (C=O) groups is 1. The summed E-state index contributed by atoms with van der Waals surface area (Å²) in [6.45, 7) is 10.8. The summed E-state index contributed by atoms with van der Waals surface area (Å²) >= 11 is 1.77. The zero-order valence-electron chi connectivity index (χ0n) is 14.6. The summed E-state index contributed by atoms with van der Waals surface area (Å²) in [7, 11) is 0. The molecule has 1 aromatic heterocycles. The Morgan fingerprint density at radius 3 is 2.65 bits per heavy atom. The molecule has 1 aliphatic carbocycles. The number of hydrogen-bond donors (Lipinski definition) is 2. The molecule has 0 aliphatic heterocycles. The fourth-order valence-corrected chi connectivity index (χ4v) is 4.14. The molecule has 1 aromatic rings. The van der Waals surface area contributed by atoms with Gasteiger partial charge >= 0.3 is 0 Å². The lowest BCUT2D eigenvalue weighted by Crippen LogP contribution is -2.76. The first-order chi connectivity index (χ1) is 10.2. The molecule has 6 heteroatoms. The van der Waals surface area contributed by atoms with Crippen LogP contribution in [-0.2, 0) is 16.0 Å². The van der Waals surface area contributed by atoms with Gasteiger partial charge in [0.25, 0.3) is 0 Å². The van der Waals surface area contributed by atoms with Crippen molar-refractivity contribution in [3.8, 4) is 0 Å². The van der Waals surface area contributed by atoms with Crippen LogP contribution in [0.1, 0.15) is 43.9 Å². The highest BCUT2D eigenvalue weighted by Gasteiger charge is 2.62. The molecule has 0 spiro atoms. The molecule has 1 fully saturated rings. The minimum Gasteiger partial charge on any atom is -0.378 e. The van der Waals surface area contributed by atoms with Crippen molar-refractivity contribution in [1.29, 1.82) is 0 Å². The van der Waals surface area contributed by atoms with Crippen molar-refractivity contribution in [1.82, 2.24) is 5.32 Å². The van der Waals surface area contributed by atoms with Crippen molar-refractivity contribution in [2.24, 2.45) is 11.1 Å². The van der Waals surface area contributed by atoms with Crippen LogP contribution in [0.15, 0.2) is 12.1 Å². The largest absolute Gasteiger partial charge is 0.378 e. The minimum absolute atomic E-state index is 0. The fourth-order valence-electron chi connectivity index (χ4n) is 3.12. The van der Waals surface area contributed by atoms with Gasteiger partial charge in [-0.15, -0.1) is 23.7 Å². The summed E-state index contributed by atoms with van der Waals surface area (Å²) < 4.78 is 5.68. The third-order valence-electron chi connectivity index (χ3n) is 4.92. The van der Waals surface area contributed by atoms with E-state index in [1.54, 1.807) is 11.3 Å². The second kappa shape index (κ2) is 7.51. The van der Waals surface area contributed by atoms with Gasteiger partial charge in [0.2, 0.25) is 5.91 Å². The summed E-state index contributed by atoms with van der Waals surface area (Å²) in [6.07, 6.45) is 1.49. The zero-order valence-corrected chi connectivity index (χ0v) is 16.3. The van der Waals surface area contributed by atoms with Gasteiger partial charge in [0.1, 0.15) is 5.54 Å². The number of rotatable bonds is 6. The maximum Gasteiger partial charge on any atom is 0.241 e. The van der Waals surface area contributed by atoms with Crippen LogP contribution >= 0.6 is 23.7 Å². The molecule has 2 rings (SSSR count). The summed E-state index contributed by atoms with van der Waals surface area (Å²) in [4.78, 5) is 15.2. The van der Waals surface area contributed by atoms with Gasteiger partial charge in [-0.3, -0.25) is 4.79 Å². The average Bonchev–Trinajstić information content (AvgIpc) is 2.83. The number of nitrogens with one attached hydrogen (secondary N) is 1. The summed E-state index contributed by atoms with van der Waals surface area (Å²) in [6, 6.07) is 4.31. The van der Waals surface area contributed by atoms with Crippen LogP contribution in [0, 0.1) is 12.3 Å². The van der Waals surface area contributed by atoms with Crippen molar-refractivity contribution >= 4 is 29.7 Å². The maximum absolute atomic E-state index is 12.6. The van der Waals surface area contributed by atoms with E-state index >= 15 is 0 Å². The van der Waals surface area contributed by atoms with E-state index in [1.165, 1.54) is 9.75 Å². The van der Waals surface area contributed by atoms with Gasteiger partial charge < -0.3 is 15.8 Å². The molecule has 3 N–H and O–H groups in total. The van der Waals surface area contributed by atoms with Crippen LogP contribution in [0.4, 0.5) is 0 Å². The van der Waals surface area contributed by atoms with E-state index in [-0.39, 0.29) is 35.9 Å². The lowest BCUT2D eigenvalue weighted by atomic mass is 9.54. The van der Waals surface area contributed by atoms with Gasteiger partial charge in [-0.1, -0.05) is 13.8 Å². The van der Waals surface area contributed by atoms with Gasteiger partial charge in [0.15, 0.2) is 0 Å². The van der Waals surface area contributed by atoms with Crippen molar-refractivity contribution in [3.05, 3.63) is 21.9 Å². The van der Waals surface area contributed by atoms with Crippen LogP contribution < -0.4 is 11.1 Å². The summed E-state index contributed by atoms with van der Waals surface area (Å²) in [5, 5.41) is 3.09. The van der Waals surface area contributed by atoms with Crippen molar-refractivity contribution < 1.29 is 9.53 Å². The van der Waals surface area contributed by atoms with Crippen molar-refractivity contribution in [3.63, 3.8) is 0 Å². The first kappa shape index (κ1) is 20.4. The molecule has 0 bridgehead atoms. The van der Waals surface area contributed by atoms with Crippen LogP contribution in [0.25, 0.3) is 0 Å². The molecule has 23 heavy (non-hydrogen) atoms. The van der Waals surface area contributed by atoms with E-state index < -0.39 is 5.54 Å². The highest BCUT2D eigenvalue weighted by Crippen LogP contribution is 2.49. The Labute approximate surface area is 149 Å². The Hall–Kier alpha value is -0.620. The summed E-state index contributed by atoms with van der Waals surface area (Å²) in [5.41, 5.74) is 5.22. The molecule has 1 saturated carbocycles. The smallest absolute Gasteiger partial charge is 0.241 e. The first-order valence-corrected chi connectivity index (χ1v) is 8.79. The molecule has 1 amide bonds. The quantitative estimate of drug-likeness (QED) is 0.819. The lowest BCUT2D eigenvalue weighted by Gasteiger charge is -2.57. The van der Waals surface area contributed by atoms with Crippen LogP contribution in [0.2, 0.25) is 0 Å². The van der Waals surface area contributed by atoms with Crippen LogP contribution in [0.5, 0.6) is 0 Å². The van der Waals surface area contributed by atoms with E-state index in [0.717, 1.165) is 6.42 Å². The number of carbonyl (C=O) groups excluding carboxylic acids is 1. The van der Waals surface area contributed by atoms with E-state index in [4.69, 9.17) is 10.5 Å². The zero-order chi connectivity index (χ0) is 16.5. The van der Waals surface area contributed by atoms with Crippen LogP contribution in [-0.4, -0.2) is 30.2 Å². The molecule has 0 aromatic carbocycles. The molecule has 0 saturated heterocycles. The van der Waals surface area contributed by atoms with Gasteiger partial charge in [-0.05, 0) is 32.9 Å². The number of aryl methyl sites for hydroxylation is 1. The summed E-state index contributed by atoms with van der Waals surface area (Å²) in [5.74, 6) is -0.0609. The Balaban J connectivity index is 0.00000264. The third kappa shape index (κ3) is 3.90. The van der Waals surface area contributed by atoms with Crippen molar-refractivity contribution in [2.75, 3.05) is 6.61 Å². The molecule has 3 unspecified atom stereocenters. The Morgan fingerprint density at radius 1 is 1.52 bits per heavy atom. The molecular formula is C17H29ClN2O2S.